The molecule has 2 heterocycles. The van der Waals surface area contributed by atoms with Gasteiger partial charge in [-0.2, -0.15) is 0 Å². The standard InChI is InChI=1S/C10H11N3O/c1-5-2-3-8-6(5)4-7-9(11-8)12-13-10(7)14/h4-5H,2-3H2,1H3,(H2,11,12,13,14)/t5-/m1/s1. The van der Waals surface area contributed by atoms with Crippen LogP contribution in [-0.2, 0) is 6.42 Å². The van der Waals surface area contributed by atoms with Crippen LogP contribution in [-0.4, -0.2) is 15.2 Å². The van der Waals surface area contributed by atoms with Crippen molar-refractivity contribution in [3.8, 4) is 0 Å². The Hall–Kier alpha value is -1.58. The van der Waals surface area contributed by atoms with Crippen molar-refractivity contribution in [3.63, 3.8) is 0 Å². The molecule has 3 rings (SSSR count). The minimum absolute atomic E-state index is 0.0746. The van der Waals surface area contributed by atoms with Crippen LogP contribution in [0, 0.1) is 0 Å². The largest absolute Gasteiger partial charge is 0.281 e. The first kappa shape index (κ1) is 7.79. The third-order valence-electron chi connectivity index (χ3n) is 3.02. The molecule has 1 atom stereocenters. The molecular formula is C10H11N3O. The van der Waals surface area contributed by atoms with Crippen LogP contribution < -0.4 is 5.56 Å². The van der Waals surface area contributed by atoms with Gasteiger partial charge < -0.3 is 0 Å². The van der Waals surface area contributed by atoms with E-state index in [0.717, 1.165) is 18.5 Å². The van der Waals surface area contributed by atoms with Gasteiger partial charge in [0.15, 0.2) is 5.65 Å². The van der Waals surface area contributed by atoms with E-state index < -0.39 is 0 Å². The molecule has 2 N–H and O–H groups in total. The summed E-state index contributed by atoms with van der Waals surface area (Å²) in [5.41, 5.74) is 2.99. The first-order chi connectivity index (χ1) is 6.75. The van der Waals surface area contributed by atoms with Gasteiger partial charge in [0.2, 0.25) is 0 Å². The first-order valence-corrected chi connectivity index (χ1v) is 4.86. The highest BCUT2D eigenvalue weighted by Crippen LogP contribution is 2.32. The number of rotatable bonds is 0. The number of fused-ring (bicyclic) bond motifs is 2. The van der Waals surface area contributed by atoms with Crippen LogP contribution in [0.3, 0.4) is 0 Å². The SMILES string of the molecule is C[C@@H]1CCc2nc3[nH][nH]c(=O)c3cc21. The molecule has 0 saturated heterocycles. The minimum Gasteiger partial charge on any atom is -0.281 e. The van der Waals surface area contributed by atoms with Crippen molar-refractivity contribution >= 4 is 11.0 Å². The predicted molar refractivity (Wildman–Crippen MR) is 53.5 cm³/mol. The molecule has 0 spiro atoms. The van der Waals surface area contributed by atoms with E-state index in [1.54, 1.807) is 0 Å². The molecule has 4 heteroatoms. The van der Waals surface area contributed by atoms with E-state index in [1.807, 2.05) is 6.07 Å². The van der Waals surface area contributed by atoms with Crippen LogP contribution in [0.15, 0.2) is 10.9 Å². The lowest BCUT2D eigenvalue weighted by Crippen LogP contribution is -1.99. The number of hydrogen-bond acceptors (Lipinski definition) is 2. The number of aryl methyl sites for hydroxylation is 1. The maximum atomic E-state index is 11.4. The summed E-state index contributed by atoms with van der Waals surface area (Å²) in [5, 5.41) is 6.01. The summed E-state index contributed by atoms with van der Waals surface area (Å²) in [5.74, 6) is 0.538. The van der Waals surface area contributed by atoms with Crippen LogP contribution in [0.2, 0.25) is 0 Å². The molecule has 1 aliphatic rings. The molecular weight excluding hydrogens is 178 g/mol. The van der Waals surface area contributed by atoms with E-state index in [4.69, 9.17) is 0 Å². The summed E-state index contributed by atoms with van der Waals surface area (Å²) in [4.78, 5) is 15.8. The molecule has 0 bridgehead atoms. The van der Waals surface area contributed by atoms with Gasteiger partial charge in [-0.3, -0.25) is 15.0 Å². The zero-order chi connectivity index (χ0) is 9.71. The lowest BCUT2D eigenvalue weighted by molar-refractivity contribution is 0.746. The normalized spacial score (nSPS) is 20.2. The molecule has 2 aromatic rings. The number of pyridine rings is 1. The van der Waals surface area contributed by atoms with Gasteiger partial charge in [0.25, 0.3) is 5.56 Å². The van der Waals surface area contributed by atoms with Crippen molar-refractivity contribution in [2.45, 2.75) is 25.7 Å². The van der Waals surface area contributed by atoms with E-state index in [1.165, 1.54) is 5.56 Å². The van der Waals surface area contributed by atoms with Crippen molar-refractivity contribution in [1.82, 2.24) is 15.2 Å². The number of nitrogens with zero attached hydrogens (tertiary/aromatic N) is 1. The van der Waals surface area contributed by atoms with Crippen molar-refractivity contribution < 1.29 is 0 Å². The van der Waals surface area contributed by atoms with Gasteiger partial charge in [0.05, 0.1) is 5.39 Å². The quantitative estimate of drug-likeness (QED) is 0.656. The molecule has 0 fully saturated rings. The Morgan fingerprint density at radius 3 is 3.21 bits per heavy atom. The van der Waals surface area contributed by atoms with Gasteiger partial charge in [-0.15, -0.1) is 0 Å². The van der Waals surface area contributed by atoms with Crippen molar-refractivity contribution in [3.05, 3.63) is 27.7 Å². The van der Waals surface area contributed by atoms with Crippen LogP contribution in [0.5, 0.6) is 0 Å². The Bertz CT molecular complexity index is 552. The number of aromatic nitrogens is 3. The Kier molecular flexibility index (Phi) is 1.37. The summed E-state index contributed by atoms with van der Waals surface area (Å²) in [7, 11) is 0. The topological polar surface area (TPSA) is 61.5 Å². The molecule has 0 radical (unpaired) electrons. The van der Waals surface area contributed by atoms with Crippen molar-refractivity contribution in [2.75, 3.05) is 0 Å². The van der Waals surface area contributed by atoms with E-state index in [9.17, 15) is 4.79 Å². The Morgan fingerprint density at radius 2 is 2.36 bits per heavy atom. The molecule has 1 aliphatic carbocycles. The van der Waals surface area contributed by atoms with Crippen LogP contribution in [0.1, 0.15) is 30.5 Å². The monoisotopic (exact) mass is 189 g/mol. The third-order valence-corrected chi connectivity index (χ3v) is 3.02. The van der Waals surface area contributed by atoms with E-state index in [0.29, 0.717) is 17.0 Å². The summed E-state index contributed by atoms with van der Waals surface area (Å²) in [6.07, 6.45) is 2.17. The average Bonchev–Trinajstić information content (AvgIpc) is 2.71. The van der Waals surface area contributed by atoms with Crippen molar-refractivity contribution in [2.24, 2.45) is 0 Å². The van der Waals surface area contributed by atoms with Gasteiger partial charge in [-0.1, -0.05) is 6.92 Å². The number of H-pyrrole nitrogens is 2. The zero-order valence-corrected chi connectivity index (χ0v) is 7.92. The highest BCUT2D eigenvalue weighted by molar-refractivity contribution is 5.75. The molecule has 0 amide bonds. The second-order valence-electron chi connectivity index (χ2n) is 3.94. The fourth-order valence-corrected chi connectivity index (χ4v) is 2.15. The smallest absolute Gasteiger partial charge is 0.273 e. The highest BCUT2D eigenvalue weighted by atomic mass is 16.1. The minimum atomic E-state index is -0.0746. The molecule has 4 nitrogen and oxygen atoms in total. The number of hydrogen-bond donors (Lipinski definition) is 2. The first-order valence-electron chi connectivity index (χ1n) is 4.86. The van der Waals surface area contributed by atoms with Gasteiger partial charge in [0, 0.05) is 5.69 Å². The van der Waals surface area contributed by atoms with Crippen molar-refractivity contribution in [1.29, 1.82) is 0 Å². The Balaban J connectivity index is 2.40. The summed E-state index contributed by atoms with van der Waals surface area (Å²) < 4.78 is 0. The average molecular weight is 189 g/mol. The fraction of sp³-hybridized carbons (Fsp3) is 0.400. The van der Waals surface area contributed by atoms with Crippen LogP contribution >= 0.6 is 0 Å². The van der Waals surface area contributed by atoms with Gasteiger partial charge in [-0.25, -0.2) is 4.98 Å². The predicted octanol–water partition coefficient (Wildman–Crippen LogP) is 1.30. The molecule has 0 saturated carbocycles. The molecule has 0 aliphatic heterocycles. The van der Waals surface area contributed by atoms with Gasteiger partial charge >= 0.3 is 0 Å². The Morgan fingerprint density at radius 1 is 1.50 bits per heavy atom. The summed E-state index contributed by atoms with van der Waals surface area (Å²) in [6, 6.07) is 1.98. The van der Waals surface area contributed by atoms with E-state index in [-0.39, 0.29) is 5.56 Å². The highest BCUT2D eigenvalue weighted by Gasteiger charge is 2.21. The Labute approximate surface area is 80.3 Å². The second-order valence-corrected chi connectivity index (χ2v) is 3.94. The maximum Gasteiger partial charge on any atom is 0.273 e. The van der Waals surface area contributed by atoms with E-state index in [2.05, 4.69) is 22.1 Å². The molecule has 0 aromatic carbocycles. The van der Waals surface area contributed by atoms with Crippen LogP contribution in [0.4, 0.5) is 0 Å². The van der Waals surface area contributed by atoms with Crippen LogP contribution in [0.25, 0.3) is 11.0 Å². The summed E-state index contributed by atoms with van der Waals surface area (Å²) >= 11 is 0. The number of nitrogens with one attached hydrogen (secondary N) is 2. The third kappa shape index (κ3) is 0.880. The maximum absolute atomic E-state index is 11.4. The second kappa shape index (κ2) is 2.47. The van der Waals surface area contributed by atoms with E-state index >= 15 is 0 Å². The molecule has 2 aromatic heterocycles. The number of aromatic amines is 2. The van der Waals surface area contributed by atoms with Gasteiger partial charge in [-0.05, 0) is 30.4 Å². The van der Waals surface area contributed by atoms with Gasteiger partial charge in [0.1, 0.15) is 0 Å². The summed E-state index contributed by atoms with van der Waals surface area (Å²) in [6.45, 7) is 2.18. The lowest BCUT2D eigenvalue weighted by Gasteiger charge is -2.02. The lowest BCUT2D eigenvalue weighted by atomic mass is 10.1. The zero-order valence-electron chi connectivity index (χ0n) is 7.92. The fourth-order valence-electron chi connectivity index (χ4n) is 2.15. The molecule has 0 unspecified atom stereocenters. The molecule has 72 valence electrons. The molecule has 14 heavy (non-hydrogen) atoms.